The molecular weight excluding hydrogens is 285 g/mol. The van der Waals surface area contributed by atoms with E-state index in [1.54, 1.807) is 26.0 Å². The van der Waals surface area contributed by atoms with Gasteiger partial charge in [-0.25, -0.2) is 4.79 Å². The van der Waals surface area contributed by atoms with Gasteiger partial charge in [-0.15, -0.1) is 0 Å². The molecule has 0 unspecified atom stereocenters. The maximum Gasteiger partial charge on any atom is 0.420 e. The summed E-state index contributed by atoms with van der Waals surface area (Å²) in [5, 5.41) is 0.209. The molecule has 0 saturated heterocycles. The number of hydrogen-bond acceptors (Lipinski definition) is 3. The van der Waals surface area contributed by atoms with Crippen LogP contribution in [-0.4, -0.2) is 12.6 Å². The summed E-state index contributed by atoms with van der Waals surface area (Å²) < 4.78 is 49.1. The van der Waals surface area contributed by atoms with Crippen molar-refractivity contribution < 1.29 is 27.1 Å². The molecule has 2 aromatic rings. The lowest BCUT2D eigenvalue weighted by molar-refractivity contribution is -0.136. The van der Waals surface area contributed by atoms with Crippen LogP contribution < -0.4 is 0 Å². The zero-order valence-corrected chi connectivity index (χ0v) is 11.5. The van der Waals surface area contributed by atoms with Gasteiger partial charge in [0, 0.05) is 5.39 Å². The number of carbonyl (C=O) groups excluding carboxylic acids is 1. The van der Waals surface area contributed by atoms with E-state index >= 15 is 0 Å². The van der Waals surface area contributed by atoms with Gasteiger partial charge < -0.3 is 9.15 Å². The number of alkyl halides is 3. The van der Waals surface area contributed by atoms with Crippen molar-refractivity contribution in [2.75, 3.05) is 6.61 Å². The van der Waals surface area contributed by atoms with Crippen LogP contribution >= 0.6 is 0 Å². The monoisotopic (exact) mass is 298 g/mol. The first kappa shape index (κ1) is 15.2. The van der Waals surface area contributed by atoms with Gasteiger partial charge in [-0.1, -0.05) is 12.2 Å². The highest BCUT2D eigenvalue weighted by Crippen LogP contribution is 2.37. The molecule has 0 radical (unpaired) electrons. The smallest absolute Gasteiger partial charge is 0.420 e. The normalized spacial score (nSPS) is 12.2. The summed E-state index contributed by atoms with van der Waals surface area (Å²) in [6, 6.07) is 3.77. The van der Waals surface area contributed by atoms with Gasteiger partial charge in [0.25, 0.3) is 0 Å². The van der Waals surface area contributed by atoms with Crippen LogP contribution in [0.5, 0.6) is 0 Å². The fraction of sp³-hybridized carbons (Fsp3) is 0.267. The second-order valence-electron chi connectivity index (χ2n) is 4.32. The third-order valence-corrected chi connectivity index (χ3v) is 2.78. The van der Waals surface area contributed by atoms with Gasteiger partial charge in [0.1, 0.15) is 5.58 Å². The van der Waals surface area contributed by atoms with E-state index in [2.05, 4.69) is 0 Å². The van der Waals surface area contributed by atoms with Crippen LogP contribution in [0, 0.1) is 0 Å². The number of halogens is 3. The van der Waals surface area contributed by atoms with Gasteiger partial charge in [-0.2, -0.15) is 13.2 Å². The topological polar surface area (TPSA) is 39.4 Å². The van der Waals surface area contributed by atoms with Gasteiger partial charge >= 0.3 is 12.1 Å². The number of allylic oxidation sites excluding steroid dienone is 1. The van der Waals surface area contributed by atoms with Crippen molar-refractivity contribution in [1.29, 1.82) is 0 Å². The number of esters is 1. The number of rotatable bonds is 3. The van der Waals surface area contributed by atoms with Crippen LogP contribution in [0.4, 0.5) is 13.2 Å². The van der Waals surface area contributed by atoms with E-state index in [-0.39, 0.29) is 23.3 Å². The summed E-state index contributed by atoms with van der Waals surface area (Å²) in [7, 11) is 0. The molecule has 0 saturated carbocycles. The molecule has 0 atom stereocenters. The summed E-state index contributed by atoms with van der Waals surface area (Å²) in [6.07, 6.45) is -1.39. The molecule has 0 aliphatic rings. The Morgan fingerprint density at radius 3 is 2.62 bits per heavy atom. The summed E-state index contributed by atoms with van der Waals surface area (Å²) in [5.41, 5.74) is -0.893. The Labute approximate surface area is 119 Å². The molecule has 2 rings (SSSR count). The van der Waals surface area contributed by atoms with E-state index in [0.717, 1.165) is 6.07 Å². The molecule has 1 heterocycles. The fourth-order valence-electron chi connectivity index (χ4n) is 1.98. The first-order valence-electron chi connectivity index (χ1n) is 6.31. The third-order valence-electron chi connectivity index (χ3n) is 2.78. The van der Waals surface area contributed by atoms with Crippen LogP contribution in [0.2, 0.25) is 0 Å². The molecule has 0 bridgehead atoms. The van der Waals surface area contributed by atoms with Crippen molar-refractivity contribution in [3.05, 3.63) is 41.2 Å². The summed E-state index contributed by atoms with van der Waals surface area (Å²) in [6.45, 7) is 3.43. The standard InChI is InChI=1S/C15H13F3O3/c1-3-5-9-6-10-8-12(14(19)20-4-2)21-13(10)11(7-9)15(16,17)18/h3,5-8H,4H2,1-2H3/b5-3+. The van der Waals surface area contributed by atoms with Gasteiger partial charge in [-0.3, -0.25) is 0 Å². The zero-order valence-electron chi connectivity index (χ0n) is 11.5. The second kappa shape index (κ2) is 5.63. The first-order chi connectivity index (χ1) is 9.86. The van der Waals surface area contributed by atoms with Crippen molar-refractivity contribution in [1.82, 2.24) is 0 Å². The van der Waals surface area contributed by atoms with Crippen LogP contribution in [0.1, 0.15) is 35.5 Å². The lowest BCUT2D eigenvalue weighted by Gasteiger charge is -2.08. The SMILES string of the molecule is C/C=C/c1cc(C(F)(F)F)c2oc(C(=O)OCC)cc2c1. The molecule has 6 heteroatoms. The minimum atomic E-state index is -4.57. The summed E-state index contributed by atoms with van der Waals surface area (Å²) in [4.78, 5) is 11.6. The molecule has 3 nitrogen and oxygen atoms in total. The first-order valence-corrected chi connectivity index (χ1v) is 6.31. The summed E-state index contributed by atoms with van der Waals surface area (Å²) in [5.74, 6) is -1.02. The van der Waals surface area contributed by atoms with Crippen LogP contribution in [0.25, 0.3) is 17.0 Å². The Kier molecular flexibility index (Phi) is 4.06. The van der Waals surface area contributed by atoms with Crippen molar-refractivity contribution in [2.45, 2.75) is 20.0 Å². The van der Waals surface area contributed by atoms with E-state index in [4.69, 9.17) is 9.15 Å². The molecule has 112 valence electrons. The Balaban J connectivity index is 2.66. The summed E-state index contributed by atoms with van der Waals surface area (Å²) >= 11 is 0. The number of fused-ring (bicyclic) bond motifs is 1. The Hall–Kier alpha value is -2.24. The van der Waals surface area contributed by atoms with Gasteiger partial charge in [0.15, 0.2) is 0 Å². The van der Waals surface area contributed by atoms with Crippen molar-refractivity contribution in [3.63, 3.8) is 0 Å². The molecule has 1 aromatic carbocycles. The minimum absolute atomic E-state index is 0.117. The Morgan fingerprint density at radius 1 is 1.33 bits per heavy atom. The molecule has 0 fully saturated rings. The highest BCUT2D eigenvalue weighted by molar-refractivity contribution is 5.94. The molecule has 0 aliphatic carbocycles. The molecule has 1 aromatic heterocycles. The maximum atomic E-state index is 13.1. The molecule has 0 aliphatic heterocycles. The van der Waals surface area contributed by atoms with Crippen molar-refractivity contribution >= 4 is 23.0 Å². The van der Waals surface area contributed by atoms with Crippen molar-refractivity contribution in [2.24, 2.45) is 0 Å². The van der Waals surface area contributed by atoms with E-state index in [9.17, 15) is 18.0 Å². The number of benzene rings is 1. The van der Waals surface area contributed by atoms with Gasteiger partial charge in [-0.05, 0) is 37.6 Å². The lowest BCUT2D eigenvalue weighted by atomic mass is 10.1. The van der Waals surface area contributed by atoms with E-state index in [1.165, 1.54) is 12.1 Å². The average molecular weight is 298 g/mol. The lowest BCUT2D eigenvalue weighted by Crippen LogP contribution is -2.05. The minimum Gasteiger partial charge on any atom is -0.460 e. The molecule has 0 spiro atoms. The predicted octanol–water partition coefficient (Wildman–Crippen LogP) is 4.66. The molecule has 21 heavy (non-hydrogen) atoms. The van der Waals surface area contributed by atoms with E-state index in [0.29, 0.717) is 5.56 Å². The number of furan rings is 1. The van der Waals surface area contributed by atoms with Crippen LogP contribution in [0.15, 0.2) is 28.7 Å². The van der Waals surface area contributed by atoms with Gasteiger partial charge in [0.05, 0.1) is 12.2 Å². The quantitative estimate of drug-likeness (QED) is 0.773. The largest absolute Gasteiger partial charge is 0.460 e. The highest BCUT2D eigenvalue weighted by Gasteiger charge is 2.35. The second-order valence-corrected chi connectivity index (χ2v) is 4.32. The average Bonchev–Trinajstić information content (AvgIpc) is 2.81. The van der Waals surface area contributed by atoms with Crippen molar-refractivity contribution in [3.8, 4) is 0 Å². The fourth-order valence-corrected chi connectivity index (χ4v) is 1.98. The number of ether oxygens (including phenoxy) is 1. The number of hydrogen-bond donors (Lipinski definition) is 0. The molecule has 0 amide bonds. The Bertz CT molecular complexity index is 696. The zero-order chi connectivity index (χ0) is 15.6. The maximum absolute atomic E-state index is 13.1. The predicted molar refractivity (Wildman–Crippen MR) is 71.9 cm³/mol. The highest BCUT2D eigenvalue weighted by atomic mass is 19.4. The van der Waals surface area contributed by atoms with Crippen LogP contribution in [0.3, 0.4) is 0 Å². The molecule has 0 N–H and O–H groups in total. The van der Waals surface area contributed by atoms with E-state index in [1.807, 2.05) is 0 Å². The van der Waals surface area contributed by atoms with Gasteiger partial charge in [0.2, 0.25) is 5.76 Å². The Morgan fingerprint density at radius 2 is 2.05 bits per heavy atom. The van der Waals surface area contributed by atoms with E-state index < -0.39 is 17.7 Å². The number of carbonyl (C=O) groups is 1. The molecular formula is C15H13F3O3. The van der Waals surface area contributed by atoms with Crippen LogP contribution in [-0.2, 0) is 10.9 Å². The third kappa shape index (κ3) is 3.09.